The zero-order chi connectivity index (χ0) is 21.4. The van der Waals surface area contributed by atoms with Crippen molar-refractivity contribution in [1.82, 2.24) is 9.97 Å². The zero-order valence-corrected chi connectivity index (χ0v) is 21.2. The SMILES string of the molecule is C[Si]1(C)c2ccccc2P2c3ccccc3[Si](C)(C)c3cc(-c4cnccn4)cc1c32. The lowest BCUT2D eigenvalue weighted by atomic mass is 10.1. The largest absolute Gasteiger partial charge is 0.261 e. The Balaban J connectivity index is 1.77. The number of aromatic nitrogens is 2. The van der Waals surface area contributed by atoms with Crippen molar-refractivity contribution in [2.75, 3.05) is 0 Å². The van der Waals surface area contributed by atoms with Crippen molar-refractivity contribution in [2.45, 2.75) is 26.2 Å². The molecule has 3 aromatic carbocycles. The van der Waals surface area contributed by atoms with Crippen molar-refractivity contribution in [3.63, 3.8) is 0 Å². The summed E-state index contributed by atoms with van der Waals surface area (Å²) in [5.41, 5.74) is 2.22. The van der Waals surface area contributed by atoms with Crippen LogP contribution in [-0.4, -0.2) is 26.1 Å². The Labute approximate surface area is 187 Å². The molecule has 152 valence electrons. The Morgan fingerprint density at radius 2 is 1.23 bits per heavy atom. The first-order valence-corrected chi connectivity index (χ1v) is 18.2. The van der Waals surface area contributed by atoms with Crippen LogP contribution in [0.25, 0.3) is 11.3 Å². The number of rotatable bonds is 1. The van der Waals surface area contributed by atoms with Crippen LogP contribution >= 0.6 is 7.92 Å². The van der Waals surface area contributed by atoms with Gasteiger partial charge in [-0.25, -0.2) is 0 Å². The molecule has 2 aliphatic heterocycles. The zero-order valence-electron chi connectivity index (χ0n) is 18.3. The number of hydrogen-bond donors (Lipinski definition) is 0. The number of nitrogens with zero attached hydrogens (tertiary/aromatic N) is 2. The minimum atomic E-state index is -1.85. The molecule has 0 amide bonds. The molecule has 31 heavy (non-hydrogen) atoms. The van der Waals surface area contributed by atoms with Gasteiger partial charge in [-0.3, -0.25) is 9.97 Å². The molecule has 3 heterocycles. The molecule has 0 bridgehead atoms. The fraction of sp³-hybridized carbons (Fsp3) is 0.154. The van der Waals surface area contributed by atoms with E-state index in [2.05, 4.69) is 96.8 Å². The van der Waals surface area contributed by atoms with Crippen LogP contribution in [0, 0.1) is 0 Å². The Bertz CT molecular complexity index is 1270. The summed E-state index contributed by atoms with van der Waals surface area (Å²) in [4.78, 5) is 9.03. The molecule has 2 nitrogen and oxygen atoms in total. The number of benzene rings is 3. The second kappa shape index (κ2) is 6.55. The van der Waals surface area contributed by atoms with Crippen LogP contribution in [0.5, 0.6) is 0 Å². The first-order valence-electron chi connectivity index (χ1n) is 10.9. The maximum Gasteiger partial charge on any atom is 0.113 e. The molecule has 0 saturated carbocycles. The standard InChI is InChI=1S/C26H25N2PSi2/c1-30(2)22-11-7-5-9-20(22)29-21-10-6-8-12-23(21)31(3,4)25-16-18(15-24(30)26(25)29)19-17-27-13-14-28-19/h5-17H,1-4H3. The van der Waals surface area contributed by atoms with Gasteiger partial charge in [0.1, 0.15) is 16.1 Å². The summed E-state index contributed by atoms with van der Waals surface area (Å²) >= 11 is 0. The van der Waals surface area contributed by atoms with Crippen molar-refractivity contribution < 1.29 is 0 Å². The first kappa shape index (κ1) is 19.3. The van der Waals surface area contributed by atoms with Gasteiger partial charge in [0, 0.05) is 18.0 Å². The second-order valence-corrected chi connectivity index (χ2v) is 20.4. The smallest absolute Gasteiger partial charge is 0.113 e. The van der Waals surface area contributed by atoms with Crippen LogP contribution in [0.15, 0.2) is 79.3 Å². The molecule has 4 aromatic rings. The van der Waals surface area contributed by atoms with Crippen LogP contribution in [-0.2, 0) is 0 Å². The first-order chi connectivity index (χ1) is 14.9. The van der Waals surface area contributed by atoms with Crippen molar-refractivity contribution in [3.8, 4) is 11.3 Å². The Kier molecular flexibility index (Phi) is 4.08. The van der Waals surface area contributed by atoms with E-state index in [0.29, 0.717) is 0 Å². The Hall–Kier alpha value is -2.40. The molecule has 1 aromatic heterocycles. The van der Waals surface area contributed by atoms with Gasteiger partial charge in [0.25, 0.3) is 0 Å². The lowest BCUT2D eigenvalue weighted by Gasteiger charge is -2.46. The average molecular weight is 453 g/mol. The molecular formula is C26H25N2PSi2. The summed E-state index contributed by atoms with van der Waals surface area (Å²) in [5, 5.41) is 11.3. The van der Waals surface area contributed by atoms with E-state index in [1.165, 1.54) is 5.56 Å². The molecule has 0 atom stereocenters. The highest BCUT2D eigenvalue weighted by molar-refractivity contribution is 7.83. The van der Waals surface area contributed by atoms with Crippen molar-refractivity contribution >= 4 is 60.7 Å². The molecule has 0 radical (unpaired) electrons. The van der Waals surface area contributed by atoms with Crippen molar-refractivity contribution in [3.05, 3.63) is 79.3 Å². The van der Waals surface area contributed by atoms with E-state index in [-0.39, 0.29) is 0 Å². The molecule has 0 saturated heterocycles. The summed E-state index contributed by atoms with van der Waals surface area (Å²) in [7, 11) is -4.21. The second-order valence-electron chi connectivity index (χ2n) is 9.63. The highest BCUT2D eigenvalue weighted by Gasteiger charge is 2.47. The summed E-state index contributed by atoms with van der Waals surface area (Å²) in [6.07, 6.45) is 5.48. The molecular weight excluding hydrogens is 427 g/mol. The molecule has 0 spiro atoms. The van der Waals surface area contributed by atoms with Gasteiger partial charge in [-0.2, -0.15) is 0 Å². The van der Waals surface area contributed by atoms with Crippen LogP contribution in [0.4, 0.5) is 0 Å². The fourth-order valence-corrected chi connectivity index (χ4v) is 18.3. The maximum atomic E-state index is 4.67. The van der Waals surface area contributed by atoms with E-state index in [0.717, 1.165) is 5.69 Å². The normalized spacial score (nSPS) is 17.4. The van der Waals surface area contributed by atoms with Gasteiger partial charge < -0.3 is 0 Å². The van der Waals surface area contributed by atoms with E-state index in [9.17, 15) is 0 Å². The van der Waals surface area contributed by atoms with Gasteiger partial charge in [0.2, 0.25) is 0 Å². The Morgan fingerprint density at radius 1 is 0.677 bits per heavy atom. The molecule has 0 unspecified atom stereocenters. The summed E-state index contributed by atoms with van der Waals surface area (Å²) < 4.78 is 0. The summed E-state index contributed by atoms with van der Waals surface area (Å²) in [6.45, 7) is 10.1. The highest BCUT2D eigenvalue weighted by Crippen LogP contribution is 2.38. The van der Waals surface area contributed by atoms with Crippen LogP contribution < -0.4 is 36.7 Å². The lowest BCUT2D eigenvalue weighted by molar-refractivity contribution is 1.21. The maximum absolute atomic E-state index is 4.67. The monoisotopic (exact) mass is 452 g/mol. The van der Waals surface area contributed by atoms with Gasteiger partial charge in [0.05, 0.1) is 11.9 Å². The minimum absolute atomic E-state index is 0.516. The highest BCUT2D eigenvalue weighted by atomic mass is 31.1. The van der Waals surface area contributed by atoms with Gasteiger partial charge in [-0.15, -0.1) is 0 Å². The quantitative estimate of drug-likeness (QED) is 0.327. The van der Waals surface area contributed by atoms with Gasteiger partial charge in [0.15, 0.2) is 0 Å². The van der Waals surface area contributed by atoms with Gasteiger partial charge in [-0.1, -0.05) is 86.9 Å². The van der Waals surface area contributed by atoms with Crippen LogP contribution in [0.2, 0.25) is 26.2 Å². The van der Waals surface area contributed by atoms with Gasteiger partial charge in [-0.05, 0) is 44.6 Å². The average Bonchev–Trinajstić information content (AvgIpc) is 2.79. The molecule has 0 aliphatic carbocycles. The number of fused-ring (bicyclic) bond motifs is 4. The Morgan fingerprint density at radius 3 is 1.74 bits per heavy atom. The third-order valence-electron chi connectivity index (χ3n) is 7.18. The molecule has 5 heteroatoms. The van der Waals surface area contributed by atoms with E-state index in [4.69, 9.17) is 0 Å². The van der Waals surface area contributed by atoms with Crippen molar-refractivity contribution in [2.24, 2.45) is 0 Å². The number of hydrogen-bond acceptors (Lipinski definition) is 2. The fourth-order valence-electron chi connectivity index (χ4n) is 5.48. The predicted molar refractivity (Wildman–Crippen MR) is 140 cm³/mol. The topological polar surface area (TPSA) is 25.8 Å². The van der Waals surface area contributed by atoms with Crippen LogP contribution in [0.3, 0.4) is 0 Å². The van der Waals surface area contributed by atoms with Crippen molar-refractivity contribution in [1.29, 1.82) is 0 Å². The minimum Gasteiger partial charge on any atom is -0.261 e. The summed E-state index contributed by atoms with van der Waals surface area (Å²) in [6, 6.07) is 23.5. The molecule has 0 N–H and O–H groups in total. The van der Waals surface area contributed by atoms with E-state index in [1.807, 2.05) is 12.4 Å². The van der Waals surface area contributed by atoms with E-state index in [1.54, 1.807) is 42.9 Å². The summed E-state index contributed by atoms with van der Waals surface area (Å²) in [5.74, 6) is 0. The van der Waals surface area contributed by atoms with E-state index < -0.39 is 24.1 Å². The lowest BCUT2D eigenvalue weighted by Crippen LogP contribution is -2.75. The third kappa shape index (κ3) is 2.59. The molecule has 0 fully saturated rings. The molecule has 2 aliphatic rings. The van der Waals surface area contributed by atoms with E-state index >= 15 is 0 Å². The predicted octanol–water partition coefficient (Wildman–Crippen LogP) is 2.17. The molecule has 6 rings (SSSR count). The third-order valence-corrected chi connectivity index (χ3v) is 17.7. The van der Waals surface area contributed by atoms with Crippen LogP contribution in [0.1, 0.15) is 0 Å². The van der Waals surface area contributed by atoms with Gasteiger partial charge >= 0.3 is 0 Å².